The highest BCUT2D eigenvalue weighted by atomic mass is 35.5. The Kier molecular flexibility index (Phi) is 5.52. The summed E-state index contributed by atoms with van der Waals surface area (Å²) in [6.07, 6.45) is 2.05. The molecule has 1 saturated heterocycles. The van der Waals surface area contributed by atoms with E-state index >= 15 is 0 Å². The zero-order valence-corrected chi connectivity index (χ0v) is 18.1. The van der Waals surface area contributed by atoms with Gasteiger partial charge in [-0.1, -0.05) is 24.8 Å². The predicted molar refractivity (Wildman–Crippen MR) is 110 cm³/mol. The molecule has 12 heteroatoms. The SMILES string of the molecule is C=CC1=CC[C@@]2(Cl)C(=O)N(c3c(F)c(F)c(F)c(F)c3F)C(=O)[C@@]2(Cl)[C@H]1c1ccc(O)c(F)c1. The van der Waals surface area contributed by atoms with Gasteiger partial charge in [0.05, 0.1) is 0 Å². The van der Waals surface area contributed by atoms with Gasteiger partial charge in [0.2, 0.25) is 5.82 Å². The number of nitrogens with zero attached hydrogens (tertiary/aromatic N) is 1. The fourth-order valence-corrected chi connectivity index (χ4v) is 5.12. The molecule has 2 aliphatic rings. The Morgan fingerprint density at radius 2 is 1.53 bits per heavy atom. The summed E-state index contributed by atoms with van der Waals surface area (Å²) in [5, 5.41) is 9.50. The summed E-state index contributed by atoms with van der Waals surface area (Å²) in [6, 6.07) is 2.88. The molecule has 2 aromatic rings. The number of hydrogen-bond acceptors (Lipinski definition) is 3. The first-order chi connectivity index (χ1) is 15.8. The molecule has 0 aromatic heterocycles. The highest BCUT2D eigenvalue weighted by Gasteiger charge is 2.73. The lowest BCUT2D eigenvalue weighted by atomic mass is 9.68. The van der Waals surface area contributed by atoms with Gasteiger partial charge in [0.1, 0.15) is 5.69 Å². The van der Waals surface area contributed by atoms with Gasteiger partial charge in [-0.3, -0.25) is 9.59 Å². The molecule has 0 saturated carbocycles. The standard InChI is InChI=1S/C22H11Cl2F6NO3/c1-2-8-5-6-21(23)19(33)31(18-16(29)14(27)13(26)15(28)17(18)30)20(34)22(21,24)12(8)9-3-4-11(32)10(25)7-9/h2-5,7,12,32H,1,6H2/t12-,21-,22+/m1/s1. The lowest BCUT2D eigenvalue weighted by Crippen LogP contribution is -2.54. The number of rotatable bonds is 3. The summed E-state index contributed by atoms with van der Waals surface area (Å²) in [4.78, 5) is 21.4. The minimum atomic E-state index is -2.60. The van der Waals surface area contributed by atoms with Crippen molar-refractivity contribution in [1.29, 1.82) is 0 Å². The maximum absolute atomic E-state index is 14.5. The van der Waals surface area contributed by atoms with Crippen LogP contribution in [0, 0.1) is 34.9 Å². The van der Waals surface area contributed by atoms with Crippen molar-refractivity contribution in [2.24, 2.45) is 0 Å². The van der Waals surface area contributed by atoms with Crippen molar-refractivity contribution in [2.75, 3.05) is 4.90 Å². The highest BCUT2D eigenvalue weighted by Crippen LogP contribution is 2.60. The minimum Gasteiger partial charge on any atom is -0.505 e. The molecule has 34 heavy (non-hydrogen) atoms. The Morgan fingerprint density at radius 3 is 2.06 bits per heavy atom. The Labute approximate surface area is 197 Å². The second-order valence-electron chi connectivity index (χ2n) is 7.63. The Bertz CT molecular complexity index is 1300. The first kappa shape index (κ1) is 24.2. The van der Waals surface area contributed by atoms with Crippen LogP contribution in [0.15, 0.2) is 42.5 Å². The number of carbonyl (C=O) groups excluding carboxylic acids is 2. The number of fused-ring (bicyclic) bond motifs is 1. The Balaban J connectivity index is 2.00. The monoisotopic (exact) mass is 521 g/mol. The van der Waals surface area contributed by atoms with Crippen LogP contribution in [0.25, 0.3) is 0 Å². The van der Waals surface area contributed by atoms with Crippen LogP contribution in [0.5, 0.6) is 5.75 Å². The molecule has 1 aliphatic carbocycles. The zero-order valence-electron chi connectivity index (χ0n) is 16.6. The molecule has 2 aromatic carbocycles. The molecule has 1 fully saturated rings. The molecule has 178 valence electrons. The van der Waals surface area contributed by atoms with E-state index in [9.17, 15) is 41.0 Å². The summed E-state index contributed by atoms with van der Waals surface area (Å²) in [7, 11) is 0. The molecular formula is C22H11Cl2F6NO3. The van der Waals surface area contributed by atoms with Crippen LogP contribution in [0.1, 0.15) is 17.9 Å². The third-order valence-electron chi connectivity index (χ3n) is 5.93. The molecule has 1 N–H and O–H groups in total. The van der Waals surface area contributed by atoms with Crippen molar-refractivity contribution in [3.63, 3.8) is 0 Å². The number of halogens is 8. The van der Waals surface area contributed by atoms with Crippen LogP contribution in [0.3, 0.4) is 0 Å². The van der Waals surface area contributed by atoms with Crippen molar-refractivity contribution in [2.45, 2.75) is 22.1 Å². The third kappa shape index (κ3) is 2.88. The zero-order chi connectivity index (χ0) is 25.3. The van der Waals surface area contributed by atoms with Crippen molar-refractivity contribution < 1.29 is 41.0 Å². The topological polar surface area (TPSA) is 57.6 Å². The smallest absolute Gasteiger partial charge is 0.258 e. The molecule has 4 nitrogen and oxygen atoms in total. The molecule has 2 amide bonds. The second kappa shape index (κ2) is 7.78. The van der Waals surface area contributed by atoms with Gasteiger partial charge < -0.3 is 5.11 Å². The average molecular weight is 522 g/mol. The number of anilines is 1. The van der Waals surface area contributed by atoms with Crippen LogP contribution in [-0.2, 0) is 9.59 Å². The van der Waals surface area contributed by atoms with Gasteiger partial charge in [0.25, 0.3) is 11.8 Å². The van der Waals surface area contributed by atoms with Crippen molar-refractivity contribution in [1.82, 2.24) is 0 Å². The van der Waals surface area contributed by atoms with E-state index in [1.54, 1.807) is 0 Å². The van der Waals surface area contributed by atoms with Gasteiger partial charge in [0, 0.05) is 5.92 Å². The number of imide groups is 1. The summed E-state index contributed by atoms with van der Waals surface area (Å²) < 4.78 is 84.4. The van der Waals surface area contributed by atoms with E-state index in [2.05, 4.69) is 6.58 Å². The maximum atomic E-state index is 14.5. The van der Waals surface area contributed by atoms with Gasteiger partial charge >= 0.3 is 0 Å². The highest BCUT2D eigenvalue weighted by molar-refractivity contribution is 6.58. The molecule has 4 rings (SSSR count). The average Bonchev–Trinajstić information content (AvgIpc) is 2.96. The molecule has 0 radical (unpaired) electrons. The van der Waals surface area contributed by atoms with Gasteiger partial charge in [-0.25, -0.2) is 31.2 Å². The minimum absolute atomic E-state index is 0.0819. The third-order valence-corrected chi connectivity index (χ3v) is 7.35. The largest absolute Gasteiger partial charge is 0.505 e. The number of carbonyl (C=O) groups is 2. The normalized spacial score (nSPS) is 26.5. The molecular weight excluding hydrogens is 511 g/mol. The Morgan fingerprint density at radius 1 is 0.971 bits per heavy atom. The fraction of sp³-hybridized carbons (Fsp3) is 0.182. The number of benzene rings is 2. The van der Waals surface area contributed by atoms with E-state index in [1.165, 1.54) is 12.2 Å². The quantitative estimate of drug-likeness (QED) is 0.194. The predicted octanol–water partition coefficient (Wildman–Crippen LogP) is 5.36. The van der Waals surface area contributed by atoms with Gasteiger partial charge in [-0.15, -0.1) is 23.2 Å². The van der Waals surface area contributed by atoms with Gasteiger partial charge in [-0.2, -0.15) is 0 Å². The van der Waals surface area contributed by atoms with Crippen molar-refractivity contribution >= 4 is 40.7 Å². The summed E-state index contributed by atoms with van der Waals surface area (Å²) in [6.45, 7) is 3.57. The van der Waals surface area contributed by atoms with Crippen LogP contribution >= 0.6 is 23.2 Å². The van der Waals surface area contributed by atoms with Crippen LogP contribution in [-0.4, -0.2) is 26.7 Å². The van der Waals surface area contributed by atoms with E-state index in [0.717, 1.165) is 18.2 Å². The second-order valence-corrected chi connectivity index (χ2v) is 8.87. The number of allylic oxidation sites excluding steroid dienone is 3. The fourth-order valence-electron chi connectivity index (χ4n) is 4.27. The first-order valence-electron chi connectivity index (χ1n) is 9.42. The summed E-state index contributed by atoms with van der Waals surface area (Å²) in [5.74, 6) is -18.6. The van der Waals surface area contributed by atoms with E-state index in [-0.39, 0.29) is 16.0 Å². The molecule has 0 spiro atoms. The Hall–Kier alpha value is -2.98. The van der Waals surface area contributed by atoms with Gasteiger partial charge in [-0.05, 0) is 29.7 Å². The van der Waals surface area contributed by atoms with Crippen LogP contribution in [0.2, 0.25) is 0 Å². The number of amides is 2. The van der Waals surface area contributed by atoms with Gasteiger partial charge in [0.15, 0.2) is 44.6 Å². The molecule has 0 bridgehead atoms. The lowest BCUT2D eigenvalue weighted by molar-refractivity contribution is -0.122. The molecule has 3 atom stereocenters. The van der Waals surface area contributed by atoms with Crippen LogP contribution < -0.4 is 4.90 Å². The summed E-state index contributed by atoms with van der Waals surface area (Å²) >= 11 is 13.1. The number of hydrogen-bond donors (Lipinski definition) is 1. The lowest BCUT2D eigenvalue weighted by Gasteiger charge is -2.42. The molecule has 0 unspecified atom stereocenters. The molecule has 1 heterocycles. The number of phenolic OH excluding ortho intramolecular Hbond substituents is 1. The van der Waals surface area contributed by atoms with E-state index in [1.807, 2.05) is 0 Å². The first-order valence-corrected chi connectivity index (χ1v) is 10.2. The van der Waals surface area contributed by atoms with E-state index < -0.39 is 80.2 Å². The summed E-state index contributed by atoms with van der Waals surface area (Å²) in [5.41, 5.74) is -1.75. The number of phenols is 1. The van der Waals surface area contributed by atoms with E-state index in [4.69, 9.17) is 23.2 Å². The van der Waals surface area contributed by atoms with E-state index in [0.29, 0.717) is 0 Å². The number of aromatic hydroxyl groups is 1. The van der Waals surface area contributed by atoms with Crippen molar-refractivity contribution in [3.05, 3.63) is 83.0 Å². The number of alkyl halides is 2. The molecule has 1 aliphatic heterocycles. The maximum Gasteiger partial charge on any atom is 0.258 e. The van der Waals surface area contributed by atoms with Crippen molar-refractivity contribution in [3.8, 4) is 5.75 Å². The van der Waals surface area contributed by atoms with Crippen LogP contribution in [0.4, 0.5) is 32.0 Å².